The maximum Gasteiger partial charge on any atom is 0.335 e. The molecule has 1 aromatic carbocycles. The van der Waals surface area contributed by atoms with Crippen molar-refractivity contribution in [2.75, 3.05) is 0 Å². The summed E-state index contributed by atoms with van der Waals surface area (Å²) in [6.45, 7) is 0. The lowest BCUT2D eigenvalue weighted by Gasteiger charge is -2.04. The van der Waals surface area contributed by atoms with Crippen LogP contribution in [0, 0.1) is 13.7 Å². The number of carboxylic acid groups (broad SMARTS) is 1. The van der Waals surface area contributed by atoms with Gasteiger partial charge in [-0.25, -0.2) is 9.48 Å². The van der Waals surface area contributed by atoms with Crippen LogP contribution in [0.2, 0.25) is 0 Å². The summed E-state index contributed by atoms with van der Waals surface area (Å²) in [5, 5.41) is 23.7. The number of carboxylic acids is 1. The molecular weight excluding hydrogens is 353 g/mol. The number of aromatic carboxylic acids is 1. The molecule has 0 amide bonds. The molecule has 0 saturated heterocycles. The first kappa shape index (κ1) is 12.5. The summed E-state index contributed by atoms with van der Waals surface area (Å²) < 4.78 is 2.08. The Morgan fingerprint density at radius 1 is 1.50 bits per heavy atom. The minimum absolute atomic E-state index is 0.0268. The van der Waals surface area contributed by atoms with Crippen molar-refractivity contribution in [1.29, 1.82) is 0 Å². The first-order valence-electron chi connectivity index (χ1n) is 4.71. The number of carbonyl (C=O) groups is 1. The lowest BCUT2D eigenvalue weighted by molar-refractivity contribution is -0.384. The minimum atomic E-state index is -1.15. The number of benzene rings is 1. The van der Waals surface area contributed by atoms with Crippen molar-refractivity contribution in [2.24, 2.45) is 0 Å². The molecule has 0 aliphatic rings. The van der Waals surface area contributed by atoms with E-state index in [-0.39, 0.29) is 16.9 Å². The molecule has 7 nitrogen and oxygen atoms in total. The fraction of sp³-hybridized carbons (Fsp3) is 0. The van der Waals surface area contributed by atoms with Crippen LogP contribution in [-0.2, 0) is 0 Å². The van der Waals surface area contributed by atoms with Crippen LogP contribution in [0.25, 0.3) is 5.69 Å². The number of nitro benzene ring substituents is 1. The van der Waals surface area contributed by atoms with E-state index in [4.69, 9.17) is 5.11 Å². The number of aromatic nitrogens is 2. The summed E-state index contributed by atoms with van der Waals surface area (Å²) in [6.07, 6.45) is 3.10. The van der Waals surface area contributed by atoms with Gasteiger partial charge in [0.25, 0.3) is 5.69 Å². The van der Waals surface area contributed by atoms with Crippen LogP contribution in [0.4, 0.5) is 5.69 Å². The normalized spacial score (nSPS) is 10.3. The molecule has 1 aromatic heterocycles. The van der Waals surface area contributed by atoms with Gasteiger partial charge in [0.15, 0.2) is 0 Å². The van der Waals surface area contributed by atoms with Crippen molar-refractivity contribution in [3.63, 3.8) is 0 Å². The highest BCUT2D eigenvalue weighted by Gasteiger charge is 2.18. The molecule has 1 heterocycles. The van der Waals surface area contributed by atoms with Gasteiger partial charge in [-0.1, -0.05) is 0 Å². The van der Waals surface area contributed by atoms with Gasteiger partial charge in [0, 0.05) is 12.3 Å². The van der Waals surface area contributed by atoms with Gasteiger partial charge in [0.1, 0.15) is 5.69 Å². The average Bonchev–Trinajstić information content (AvgIpc) is 2.74. The Morgan fingerprint density at radius 3 is 2.72 bits per heavy atom. The van der Waals surface area contributed by atoms with Gasteiger partial charge in [-0.3, -0.25) is 10.1 Å². The Kier molecular flexibility index (Phi) is 3.28. The molecule has 0 saturated carbocycles. The van der Waals surface area contributed by atoms with E-state index in [1.165, 1.54) is 23.0 Å². The Morgan fingerprint density at radius 2 is 2.22 bits per heavy atom. The molecule has 0 unspecified atom stereocenters. The first-order valence-corrected chi connectivity index (χ1v) is 5.79. The van der Waals surface area contributed by atoms with Gasteiger partial charge in [0.2, 0.25) is 0 Å². The molecule has 2 rings (SSSR count). The van der Waals surface area contributed by atoms with Crippen LogP contribution < -0.4 is 0 Å². The molecule has 18 heavy (non-hydrogen) atoms. The van der Waals surface area contributed by atoms with Crippen LogP contribution in [0.5, 0.6) is 0 Å². The highest BCUT2D eigenvalue weighted by atomic mass is 127. The van der Waals surface area contributed by atoms with Crippen molar-refractivity contribution < 1.29 is 14.8 Å². The zero-order valence-corrected chi connectivity index (χ0v) is 10.9. The van der Waals surface area contributed by atoms with Crippen LogP contribution in [0.3, 0.4) is 0 Å². The van der Waals surface area contributed by atoms with E-state index in [1.54, 1.807) is 6.20 Å². The summed E-state index contributed by atoms with van der Waals surface area (Å²) in [5.41, 5.74) is -0.0941. The molecule has 0 aliphatic carbocycles. The lowest BCUT2D eigenvalue weighted by atomic mass is 10.2. The van der Waals surface area contributed by atoms with Gasteiger partial charge in [-0.05, 0) is 34.7 Å². The second kappa shape index (κ2) is 4.72. The summed E-state index contributed by atoms with van der Waals surface area (Å²) in [5.74, 6) is -1.15. The third kappa shape index (κ3) is 2.32. The minimum Gasteiger partial charge on any atom is -0.478 e. The van der Waals surface area contributed by atoms with E-state index in [0.29, 0.717) is 0 Å². The van der Waals surface area contributed by atoms with Crippen LogP contribution >= 0.6 is 22.6 Å². The summed E-state index contributed by atoms with van der Waals surface area (Å²) >= 11 is 2.01. The standard InChI is InChI=1S/C10H6IN3O4/c11-7-4-12-13(5-7)9-3-6(10(15)16)1-2-8(9)14(17)18/h1-5H,(H,15,16). The zero-order valence-electron chi connectivity index (χ0n) is 8.78. The topological polar surface area (TPSA) is 98.3 Å². The Balaban J connectivity index is 2.64. The van der Waals surface area contributed by atoms with Crippen molar-refractivity contribution >= 4 is 34.2 Å². The number of hydrogen-bond acceptors (Lipinski definition) is 4. The van der Waals surface area contributed by atoms with Gasteiger partial charge in [-0.2, -0.15) is 5.10 Å². The summed E-state index contributed by atoms with van der Waals surface area (Å²) in [4.78, 5) is 21.2. The first-order chi connectivity index (χ1) is 8.49. The van der Waals surface area contributed by atoms with Gasteiger partial charge >= 0.3 is 5.97 Å². The maximum atomic E-state index is 10.9. The lowest BCUT2D eigenvalue weighted by Crippen LogP contribution is -2.04. The van der Waals surface area contributed by atoms with Crippen molar-refractivity contribution in [3.8, 4) is 5.69 Å². The molecule has 0 radical (unpaired) electrons. The van der Waals surface area contributed by atoms with E-state index in [9.17, 15) is 14.9 Å². The maximum absolute atomic E-state index is 10.9. The number of nitrogens with zero attached hydrogens (tertiary/aromatic N) is 3. The van der Waals surface area contributed by atoms with Gasteiger partial charge < -0.3 is 5.11 Å². The molecular formula is C10H6IN3O4. The molecule has 0 atom stereocenters. The highest BCUT2D eigenvalue weighted by Crippen LogP contribution is 2.24. The van der Waals surface area contributed by atoms with Crippen molar-refractivity contribution in [3.05, 3.63) is 49.8 Å². The summed E-state index contributed by atoms with van der Waals surface area (Å²) in [6, 6.07) is 3.58. The Labute approximate surface area is 114 Å². The Bertz CT molecular complexity index is 638. The number of hydrogen-bond donors (Lipinski definition) is 1. The van der Waals surface area contributed by atoms with E-state index in [1.807, 2.05) is 22.6 Å². The second-order valence-corrected chi connectivity index (χ2v) is 4.61. The highest BCUT2D eigenvalue weighted by molar-refractivity contribution is 14.1. The largest absolute Gasteiger partial charge is 0.478 e. The van der Waals surface area contributed by atoms with Crippen molar-refractivity contribution in [1.82, 2.24) is 9.78 Å². The van der Waals surface area contributed by atoms with Gasteiger partial charge in [0.05, 0.1) is 20.3 Å². The molecule has 0 fully saturated rings. The van der Waals surface area contributed by atoms with Crippen LogP contribution in [0.1, 0.15) is 10.4 Å². The predicted octanol–water partition coefficient (Wildman–Crippen LogP) is 2.08. The monoisotopic (exact) mass is 359 g/mol. The van der Waals surface area contributed by atoms with Crippen LogP contribution in [-0.4, -0.2) is 25.8 Å². The fourth-order valence-corrected chi connectivity index (χ4v) is 1.82. The summed E-state index contributed by atoms with van der Waals surface area (Å²) in [7, 11) is 0. The zero-order chi connectivity index (χ0) is 13.3. The van der Waals surface area contributed by atoms with E-state index in [0.717, 1.165) is 9.64 Å². The smallest absolute Gasteiger partial charge is 0.335 e. The molecule has 1 N–H and O–H groups in total. The molecule has 0 spiro atoms. The number of rotatable bonds is 3. The molecule has 8 heteroatoms. The molecule has 92 valence electrons. The predicted molar refractivity (Wildman–Crippen MR) is 69.9 cm³/mol. The Hall–Kier alpha value is -1.97. The van der Waals surface area contributed by atoms with E-state index >= 15 is 0 Å². The van der Waals surface area contributed by atoms with Gasteiger partial charge in [-0.15, -0.1) is 0 Å². The van der Waals surface area contributed by atoms with Crippen molar-refractivity contribution in [2.45, 2.75) is 0 Å². The number of halogens is 1. The average molecular weight is 359 g/mol. The molecule has 2 aromatic rings. The molecule has 0 bridgehead atoms. The third-order valence-electron chi connectivity index (χ3n) is 2.22. The third-order valence-corrected chi connectivity index (χ3v) is 2.77. The van der Waals surface area contributed by atoms with Crippen LogP contribution in [0.15, 0.2) is 30.6 Å². The fourth-order valence-electron chi connectivity index (χ4n) is 1.43. The second-order valence-electron chi connectivity index (χ2n) is 3.37. The van der Waals surface area contributed by atoms with E-state index in [2.05, 4.69) is 5.10 Å². The number of nitro groups is 1. The SMILES string of the molecule is O=C(O)c1ccc([N+](=O)[O-])c(-n2cc(I)cn2)c1. The quantitative estimate of drug-likeness (QED) is 0.514. The van der Waals surface area contributed by atoms with E-state index < -0.39 is 10.9 Å². The molecule has 0 aliphatic heterocycles.